The Bertz CT molecular complexity index is 1010. The monoisotopic (exact) mass is 374 g/mol. The Hall–Kier alpha value is -2.67. The van der Waals surface area contributed by atoms with Gasteiger partial charge in [-0.25, -0.2) is 4.68 Å². The van der Waals surface area contributed by atoms with E-state index >= 15 is 0 Å². The lowest BCUT2D eigenvalue weighted by Gasteiger charge is -2.07. The molecular formula is C18H19ClN4O3. The topological polar surface area (TPSA) is 90.0 Å². The van der Waals surface area contributed by atoms with Gasteiger partial charge in [-0.15, -0.1) is 0 Å². The lowest BCUT2D eigenvalue weighted by atomic mass is 10.2. The Labute approximate surface area is 154 Å². The molecule has 0 bridgehead atoms. The van der Waals surface area contributed by atoms with Crippen LogP contribution in [0.1, 0.15) is 29.9 Å². The van der Waals surface area contributed by atoms with E-state index in [9.17, 15) is 9.59 Å². The van der Waals surface area contributed by atoms with Crippen LogP contribution in [0.4, 0.5) is 0 Å². The second-order valence-electron chi connectivity index (χ2n) is 6.09. The third kappa shape index (κ3) is 3.94. The van der Waals surface area contributed by atoms with E-state index in [4.69, 9.17) is 16.1 Å². The fourth-order valence-electron chi connectivity index (χ4n) is 2.82. The first-order chi connectivity index (χ1) is 12.5. The Morgan fingerprint density at radius 1 is 1.35 bits per heavy atom. The molecule has 26 heavy (non-hydrogen) atoms. The van der Waals surface area contributed by atoms with E-state index in [0.29, 0.717) is 47.8 Å². The third-order valence-electron chi connectivity index (χ3n) is 4.08. The zero-order chi connectivity index (χ0) is 18.7. The molecule has 3 aromatic rings. The average Bonchev–Trinajstić information content (AvgIpc) is 3.00. The van der Waals surface area contributed by atoms with Crippen molar-refractivity contribution >= 4 is 28.4 Å². The highest BCUT2D eigenvalue weighted by molar-refractivity contribution is 6.30. The highest BCUT2D eigenvalue weighted by Gasteiger charge is 2.15. The highest BCUT2D eigenvalue weighted by Crippen LogP contribution is 2.16. The van der Waals surface area contributed by atoms with Crippen LogP contribution in [0.25, 0.3) is 10.9 Å². The van der Waals surface area contributed by atoms with Gasteiger partial charge >= 0.3 is 0 Å². The number of halogens is 1. The van der Waals surface area contributed by atoms with Gasteiger partial charge in [0.15, 0.2) is 5.52 Å². The number of carbonyl (C=O) groups excluding carboxylic acids is 1. The van der Waals surface area contributed by atoms with Crippen molar-refractivity contribution in [2.75, 3.05) is 0 Å². The molecule has 0 atom stereocenters. The van der Waals surface area contributed by atoms with E-state index in [0.717, 1.165) is 5.56 Å². The Morgan fingerprint density at radius 2 is 2.15 bits per heavy atom. The summed E-state index contributed by atoms with van der Waals surface area (Å²) in [6.07, 6.45) is 0.791. The summed E-state index contributed by atoms with van der Waals surface area (Å²) in [5.41, 5.74) is 1.59. The van der Waals surface area contributed by atoms with Crippen molar-refractivity contribution < 1.29 is 9.32 Å². The molecule has 3 rings (SSSR count). The predicted molar refractivity (Wildman–Crippen MR) is 98.1 cm³/mol. The molecule has 2 heterocycles. The number of benzene rings is 1. The molecule has 136 valence electrons. The maximum Gasteiger partial charge on any atom is 0.296 e. The predicted octanol–water partition coefficient (Wildman–Crippen LogP) is 2.75. The first-order valence-corrected chi connectivity index (χ1v) is 8.68. The quantitative estimate of drug-likeness (QED) is 0.716. The van der Waals surface area contributed by atoms with Gasteiger partial charge in [-0.1, -0.05) is 28.9 Å². The van der Waals surface area contributed by atoms with Crippen LogP contribution in [0.3, 0.4) is 0 Å². The van der Waals surface area contributed by atoms with Crippen LogP contribution in [0.15, 0.2) is 33.6 Å². The Morgan fingerprint density at radius 3 is 2.92 bits per heavy atom. The largest absolute Gasteiger partial charge is 0.360 e. The second kappa shape index (κ2) is 7.70. The van der Waals surface area contributed by atoms with Gasteiger partial charge in [0.1, 0.15) is 5.76 Å². The van der Waals surface area contributed by atoms with Crippen molar-refractivity contribution in [1.82, 2.24) is 20.3 Å². The molecule has 0 aliphatic heterocycles. The van der Waals surface area contributed by atoms with Crippen molar-refractivity contribution in [3.63, 3.8) is 0 Å². The standard InChI is InChI=1S/C18H19ClN4O3/c1-11-16-12(2)26-22-17(16)18(25)23(21-11)8-4-7-15(24)20-10-13-5-3-6-14(19)9-13/h3,5-6,9H,4,7-8,10H2,1-2H3,(H,20,24). The summed E-state index contributed by atoms with van der Waals surface area (Å²) in [6, 6.07) is 7.33. The molecule has 0 aliphatic carbocycles. The van der Waals surface area contributed by atoms with Crippen LogP contribution in [0.2, 0.25) is 5.02 Å². The number of carbonyl (C=O) groups is 1. The van der Waals surface area contributed by atoms with Crippen LogP contribution in [0.5, 0.6) is 0 Å². The molecule has 0 spiro atoms. The minimum absolute atomic E-state index is 0.0897. The maximum absolute atomic E-state index is 12.4. The number of nitrogens with one attached hydrogen (secondary N) is 1. The molecule has 0 saturated carbocycles. The lowest BCUT2D eigenvalue weighted by Crippen LogP contribution is -2.26. The number of nitrogens with zero attached hydrogens (tertiary/aromatic N) is 3. The van der Waals surface area contributed by atoms with Gasteiger partial charge in [-0.3, -0.25) is 9.59 Å². The van der Waals surface area contributed by atoms with Crippen LogP contribution < -0.4 is 10.9 Å². The zero-order valence-electron chi connectivity index (χ0n) is 14.6. The first-order valence-electron chi connectivity index (χ1n) is 8.30. The molecule has 2 aromatic heterocycles. The minimum atomic E-state index is -0.304. The SMILES string of the molecule is Cc1nn(CCCC(=O)NCc2cccc(Cl)c2)c(=O)c2noc(C)c12. The summed E-state index contributed by atoms with van der Waals surface area (Å²) in [5, 5.41) is 12.2. The molecule has 0 fully saturated rings. The smallest absolute Gasteiger partial charge is 0.296 e. The van der Waals surface area contributed by atoms with E-state index < -0.39 is 0 Å². The van der Waals surface area contributed by atoms with Gasteiger partial charge in [0, 0.05) is 24.5 Å². The molecule has 1 aromatic carbocycles. The number of amides is 1. The normalized spacial score (nSPS) is 11.0. The molecule has 0 radical (unpaired) electrons. The third-order valence-corrected chi connectivity index (χ3v) is 4.32. The van der Waals surface area contributed by atoms with Crippen molar-refractivity contribution in [2.24, 2.45) is 0 Å². The van der Waals surface area contributed by atoms with Crippen molar-refractivity contribution in [1.29, 1.82) is 0 Å². The Kier molecular flexibility index (Phi) is 5.37. The summed E-state index contributed by atoms with van der Waals surface area (Å²) < 4.78 is 6.42. The minimum Gasteiger partial charge on any atom is -0.360 e. The van der Waals surface area contributed by atoms with Gasteiger partial charge in [-0.2, -0.15) is 5.10 Å². The fourth-order valence-corrected chi connectivity index (χ4v) is 3.03. The van der Waals surface area contributed by atoms with Crippen LogP contribution in [-0.4, -0.2) is 20.8 Å². The molecule has 0 unspecified atom stereocenters. The van der Waals surface area contributed by atoms with Crippen molar-refractivity contribution in [2.45, 2.75) is 39.8 Å². The zero-order valence-corrected chi connectivity index (χ0v) is 15.3. The number of aromatic nitrogens is 3. The number of aryl methyl sites for hydroxylation is 3. The lowest BCUT2D eigenvalue weighted by molar-refractivity contribution is -0.121. The van der Waals surface area contributed by atoms with Crippen LogP contribution in [-0.2, 0) is 17.9 Å². The summed E-state index contributed by atoms with van der Waals surface area (Å²) in [6.45, 7) is 4.31. The number of rotatable bonds is 6. The fraction of sp³-hybridized carbons (Fsp3) is 0.333. The van der Waals surface area contributed by atoms with E-state index in [2.05, 4.69) is 15.6 Å². The Balaban J connectivity index is 1.56. The summed E-state index contributed by atoms with van der Waals surface area (Å²) in [5.74, 6) is 0.489. The van der Waals surface area contributed by atoms with E-state index in [1.165, 1.54) is 4.68 Å². The molecule has 0 aliphatic rings. The van der Waals surface area contributed by atoms with Gasteiger partial charge in [0.05, 0.1) is 11.1 Å². The van der Waals surface area contributed by atoms with Crippen molar-refractivity contribution in [3.8, 4) is 0 Å². The molecule has 1 N–H and O–H groups in total. The number of fused-ring (bicyclic) bond motifs is 1. The average molecular weight is 375 g/mol. The van der Waals surface area contributed by atoms with Crippen molar-refractivity contribution in [3.05, 3.63) is 56.7 Å². The van der Waals surface area contributed by atoms with E-state index in [1.807, 2.05) is 18.2 Å². The van der Waals surface area contributed by atoms with Crippen LogP contribution >= 0.6 is 11.6 Å². The van der Waals surface area contributed by atoms with E-state index in [-0.39, 0.29) is 17.0 Å². The van der Waals surface area contributed by atoms with Gasteiger partial charge in [0.25, 0.3) is 5.56 Å². The van der Waals surface area contributed by atoms with Crippen LogP contribution in [0, 0.1) is 13.8 Å². The van der Waals surface area contributed by atoms with Gasteiger partial charge < -0.3 is 9.84 Å². The molecule has 8 heteroatoms. The molecule has 0 saturated heterocycles. The van der Waals surface area contributed by atoms with E-state index in [1.54, 1.807) is 19.9 Å². The summed E-state index contributed by atoms with van der Waals surface area (Å²) >= 11 is 5.92. The highest BCUT2D eigenvalue weighted by atomic mass is 35.5. The second-order valence-corrected chi connectivity index (χ2v) is 6.52. The van der Waals surface area contributed by atoms with Gasteiger partial charge in [-0.05, 0) is 38.0 Å². The molecule has 7 nitrogen and oxygen atoms in total. The molecular weight excluding hydrogens is 356 g/mol. The summed E-state index contributed by atoms with van der Waals surface area (Å²) in [7, 11) is 0. The van der Waals surface area contributed by atoms with Gasteiger partial charge in [0.2, 0.25) is 5.91 Å². The number of hydrogen-bond donors (Lipinski definition) is 1. The first kappa shape index (κ1) is 18.1. The maximum atomic E-state index is 12.4. The summed E-state index contributed by atoms with van der Waals surface area (Å²) in [4.78, 5) is 24.4. The number of hydrogen-bond acceptors (Lipinski definition) is 5. The molecule has 1 amide bonds.